The minimum absolute atomic E-state index is 0.0100. The van der Waals surface area contributed by atoms with Gasteiger partial charge in [-0.15, -0.1) is 0 Å². The van der Waals surface area contributed by atoms with Crippen molar-refractivity contribution in [2.75, 3.05) is 6.61 Å². The average Bonchev–Trinajstić information content (AvgIpc) is 2.65. The van der Waals surface area contributed by atoms with Gasteiger partial charge in [0.1, 0.15) is 6.10 Å². The fourth-order valence-electron chi connectivity index (χ4n) is 2.25. The Morgan fingerprint density at radius 2 is 1.68 bits per heavy atom. The van der Waals surface area contributed by atoms with Crippen molar-refractivity contribution < 1.29 is 14.6 Å². The summed E-state index contributed by atoms with van der Waals surface area (Å²) in [4.78, 5) is 0. The van der Waals surface area contributed by atoms with Crippen molar-refractivity contribution in [1.29, 1.82) is 0 Å². The quantitative estimate of drug-likeness (QED) is 0.603. The number of rotatable bonds is 8. The van der Waals surface area contributed by atoms with Crippen LogP contribution in [-0.4, -0.2) is 11.7 Å². The van der Waals surface area contributed by atoms with E-state index in [-0.39, 0.29) is 17.8 Å². The molecule has 0 spiro atoms. The molecule has 1 unspecified atom stereocenters. The number of benzene rings is 2. The van der Waals surface area contributed by atoms with Crippen LogP contribution >= 0.6 is 0 Å². The van der Waals surface area contributed by atoms with E-state index in [0.717, 1.165) is 11.1 Å². The SMILES string of the molecule is C=Cc1ccc(C(C)OC(OCC(C)C)=C(O)c2ccccc2)cc1. The molecule has 25 heavy (non-hydrogen) atoms. The third-order valence-corrected chi connectivity index (χ3v) is 3.71. The highest BCUT2D eigenvalue weighted by Crippen LogP contribution is 2.26. The van der Waals surface area contributed by atoms with Crippen LogP contribution in [0.2, 0.25) is 0 Å². The Hall–Kier alpha value is -2.68. The first-order valence-electron chi connectivity index (χ1n) is 8.51. The van der Waals surface area contributed by atoms with Crippen LogP contribution in [0, 0.1) is 5.92 Å². The highest BCUT2D eigenvalue weighted by atomic mass is 16.7. The lowest BCUT2D eigenvalue weighted by atomic mass is 10.1. The monoisotopic (exact) mass is 338 g/mol. The molecule has 1 N–H and O–H groups in total. The molecule has 2 rings (SSSR count). The smallest absolute Gasteiger partial charge is 0.324 e. The van der Waals surface area contributed by atoms with E-state index in [9.17, 15) is 5.11 Å². The maximum Gasteiger partial charge on any atom is 0.324 e. The standard InChI is InChI=1S/C22H26O3/c1-5-18-11-13-19(14-12-18)17(4)25-22(24-15-16(2)3)21(23)20-9-7-6-8-10-20/h5-14,16-17,23H,1,15H2,2-4H3. The first-order chi connectivity index (χ1) is 12.0. The van der Waals surface area contributed by atoms with Crippen molar-refractivity contribution in [1.82, 2.24) is 0 Å². The average molecular weight is 338 g/mol. The molecular formula is C22H26O3. The van der Waals surface area contributed by atoms with Gasteiger partial charge in [-0.25, -0.2) is 0 Å². The van der Waals surface area contributed by atoms with Crippen LogP contribution in [0.1, 0.15) is 43.6 Å². The number of hydrogen-bond acceptors (Lipinski definition) is 3. The fourth-order valence-corrected chi connectivity index (χ4v) is 2.25. The molecule has 0 fully saturated rings. The molecule has 0 saturated carbocycles. The van der Waals surface area contributed by atoms with Gasteiger partial charge in [-0.3, -0.25) is 0 Å². The molecule has 0 aromatic heterocycles. The molecule has 0 aliphatic carbocycles. The molecular weight excluding hydrogens is 312 g/mol. The molecule has 2 aromatic carbocycles. The summed E-state index contributed by atoms with van der Waals surface area (Å²) in [5.74, 6) is 0.486. The van der Waals surface area contributed by atoms with E-state index in [1.165, 1.54) is 0 Å². The number of hydrogen-bond donors (Lipinski definition) is 1. The molecule has 0 amide bonds. The van der Waals surface area contributed by atoms with E-state index < -0.39 is 0 Å². The summed E-state index contributed by atoms with van der Waals surface area (Å²) in [6.07, 6.45) is 1.54. The Labute approximate surface area is 150 Å². The van der Waals surface area contributed by atoms with Crippen molar-refractivity contribution in [2.45, 2.75) is 26.9 Å². The lowest BCUT2D eigenvalue weighted by Gasteiger charge is -2.20. The van der Waals surface area contributed by atoms with E-state index in [0.29, 0.717) is 18.1 Å². The van der Waals surface area contributed by atoms with Crippen molar-refractivity contribution in [3.05, 3.63) is 83.8 Å². The van der Waals surface area contributed by atoms with Crippen LogP contribution in [0.4, 0.5) is 0 Å². The van der Waals surface area contributed by atoms with Gasteiger partial charge < -0.3 is 14.6 Å². The second-order valence-corrected chi connectivity index (χ2v) is 6.34. The Morgan fingerprint density at radius 1 is 1.04 bits per heavy atom. The molecule has 1 atom stereocenters. The normalized spacial score (nSPS) is 13.1. The molecule has 0 bridgehead atoms. The minimum Gasteiger partial charge on any atom is -0.502 e. The second-order valence-electron chi connectivity index (χ2n) is 6.34. The van der Waals surface area contributed by atoms with Crippen molar-refractivity contribution in [3.63, 3.8) is 0 Å². The summed E-state index contributed by atoms with van der Waals surface area (Å²) in [6.45, 7) is 10.3. The van der Waals surface area contributed by atoms with Crippen LogP contribution in [0.3, 0.4) is 0 Å². The molecule has 0 radical (unpaired) electrons. The molecule has 0 aliphatic heterocycles. The van der Waals surface area contributed by atoms with Gasteiger partial charge in [0, 0.05) is 5.56 Å². The Morgan fingerprint density at radius 3 is 2.24 bits per heavy atom. The Balaban J connectivity index is 2.24. The van der Waals surface area contributed by atoms with Gasteiger partial charge in [-0.1, -0.05) is 81.1 Å². The van der Waals surface area contributed by atoms with Gasteiger partial charge in [0.05, 0.1) is 6.61 Å². The third kappa shape index (κ3) is 5.42. The molecule has 3 nitrogen and oxygen atoms in total. The van der Waals surface area contributed by atoms with Crippen LogP contribution in [0.25, 0.3) is 11.8 Å². The van der Waals surface area contributed by atoms with E-state index >= 15 is 0 Å². The van der Waals surface area contributed by atoms with Crippen LogP contribution in [0.15, 0.2) is 67.1 Å². The zero-order valence-electron chi connectivity index (χ0n) is 15.1. The highest BCUT2D eigenvalue weighted by Gasteiger charge is 2.17. The molecule has 0 heterocycles. The zero-order chi connectivity index (χ0) is 18.2. The fraction of sp³-hybridized carbons (Fsp3) is 0.273. The number of ether oxygens (including phenoxy) is 2. The Kier molecular flexibility index (Phi) is 6.70. The number of aliphatic hydroxyl groups excluding tert-OH is 1. The van der Waals surface area contributed by atoms with Gasteiger partial charge in [0.25, 0.3) is 0 Å². The minimum atomic E-state index is -0.258. The summed E-state index contributed by atoms with van der Waals surface area (Å²) >= 11 is 0. The molecule has 0 saturated heterocycles. The first kappa shape index (κ1) is 18.7. The van der Waals surface area contributed by atoms with Gasteiger partial charge in [0.2, 0.25) is 5.76 Å². The lowest BCUT2D eigenvalue weighted by molar-refractivity contribution is -0.0119. The highest BCUT2D eigenvalue weighted by molar-refractivity contribution is 5.59. The molecule has 0 aliphatic rings. The maximum atomic E-state index is 10.6. The summed E-state index contributed by atoms with van der Waals surface area (Å²) in [5, 5.41) is 10.6. The van der Waals surface area contributed by atoms with Gasteiger partial charge >= 0.3 is 5.95 Å². The maximum absolute atomic E-state index is 10.6. The van der Waals surface area contributed by atoms with E-state index in [1.807, 2.05) is 61.5 Å². The molecule has 3 heteroatoms. The molecule has 132 valence electrons. The van der Waals surface area contributed by atoms with Crippen LogP contribution in [0.5, 0.6) is 0 Å². The van der Waals surface area contributed by atoms with Crippen molar-refractivity contribution in [2.24, 2.45) is 5.92 Å². The van der Waals surface area contributed by atoms with Gasteiger partial charge in [0.15, 0.2) is 0 Å². The molecule has 2 aromatic rings. The summed E-state index contributed by atoms with van der Waals surface area (Å²) < 4.78 is 11.7. The van der Waals surface area contributed by atoms with Gasteiger partial charge in [-0.05, 0) is 24.0 Å². The summed E-state index contributed by atoms with van der Waals surface area (Å²) in [6, 6.07) is 17.2. The van der Waals surface area contributed by atoms with Crippen molar-refractivity contribution in [3.8, 4) is 0 Å². The second kappa shape index (κ2) is 8.97. The first-order valence-corrected chi connectivity index (χ1v) is 8.51. The van der Waals surface area contributed by atoms with Gasteiger partial charge in [-0.2, -0.15) is 0 Å². The summed E-state index contributed by atoms with van der Waals surface area (Å²) in [5.41, 5.74) is 2.71. The number of aliphatic hydroxyl groups is 1. The zero-order valence-corrected chi connectivity index (χ0v) is 15.1. The Bertz CT molecular complexity index is 700. The predicted octanol–water partition coefficient (Wildman–Crippen LogP) is 5.96. The van der Waals surface area contributed by atoms with E-state index in [4.69, 9.17) is 9.47 Å². The van der Waals surface area contributed by atoms with Crippen molar-refractivity contribution >= 4 is 11.8 Å². The van der Waals surface area contributed by atoms with E-state index in [2.05, 4.69) is 20.4 Å². The van der Waals surface area contributed by atoms with Crippen LogP contribution < -0.4 is 0 Å². The third-order valence-electron chi connectivity index (χ3n) is 3.71. The predicted molar refractivity (Wildman–Crippen MR) is 103 cm³/mol. The topological polar surface area (TPSA) is 38.7 Å². The van der Waals surface area contributed by atoms with Crippen LogP contribution in [-0.2, 0) is 9.47 Å². The lowest BCUT2D eigenvalue weighted by Crippen LogP contribution is -2.09. The summed E-state index contributed by atoms with van der Waals surface area (Å²) in [7, 11) is 0. The van der Waals surface area contributed by atoms with E-state index in [1.54, 1.807) is 6.08 Å². The largest absolute Gasteiger partial charge is 0.502 e.